The lowest BCUT2D eigenvalue weighted by atomic mass is 9.66. The highest BCUT2D eigenvalue weighted by Gasteiger charge is 2.69. The Bertz CT molecular complexity index is 955. The Kier molecular flexibility index (Phi) is 7.30. The normalized spacial score (nSPS) is 21.6. The second-order valence-electron chi connectivity index (χ2n) is 7.66. The van der Waals surface area contributed by atoms with Crippen LogP contribution < -0.4 is 5.32 Å². The van der Waals surface area contributed by atoms with Gasteiger partial charge >= 0.3 is 17.9 Å². The van der Waals surface area contributed by atoms with E-state index < -0.39 is 41.3 Å². The molecule has 0 spiro atoms. The van der Waals surface area contributed by atoms with Gasteiger partial charge in [0.05, 0.1) is 26.4 Å². The predicted octanol–water partition coefficient (Wildman–Crippen LogP) is 3.08. The number of carbonyl (C=O) groups is 3. The zero-order valence-corrected chi connectivity index (χ0v) is 18.8. The molecule has 32 heavy (non-hydrogen) atoms. The number of hydrogen-bond donors (Lipinski definition) is 1. The molecule has 1 aliphatic heterocycles. The lowest BCUT2D eigenvalue weighted by Crippen LogP contribution is -2.49. The first-order valence-corrected chi connectivity index (χ1v) is 10.7. The van der Waals surface area contributed by atoms with Crippen molar-refractivity contribution in [1.82, 2.24) is 5.32 Å². The molecule has 0 radical (unpaired) electrons. The topological polar surface area (TPSA) is 90.9 Å². The van der Waals surface area contributed by atoms with Gasteiger partial charge < -0.3 is 14.2 Å². The molecule has 2 aromatic carbocycles. The summed E-state index contributed by atoms with van der Waals surface area (Å²) in [4.78, 5) is 40.4. The second-order valence-corrected chi connectivity index (χ2v) is 7.66. The van der Waals surface area contributed by atoms with E-state index in [1.807, 2.05) is 49.4 Å². The van der Waals surface area contributed by atoms with Gasteiger partial charge in [-0.15, -0.1) is 0 Å². The number of rotatable bonds is 7. The summed E-state index contributed by atoms with van der Waals surface area (Å²) in [6.45, 7) is 5.38. The first kappa shape index (κ1) is 23.5. The number of methoxy groups -OCH3 is 1. The predicted molar refractivity (Wildman–Crippen MR) is 118 cm³/mol. The molecule has 0 unspecified atom stereocenters. The molecular formula is C25H29NO6. The maximum absolute atomic E-state index is 13.7. The molecule has 0 aliphatic carbocycles. The van der Waals surface area contributed by atoms with Crippen molar-refractivity contribution in [2.24, 2.45) is 5.41 Å². The minimum Gasteiger partial charge on any atom is -0.468 e. The van der Waals surface area contributed by atoms with Crippen molar-refractivity contribution in [2.45, 2.75) is 38.8 Å². The zero-order chi connectivity index (χ0) is 23.3. The molecule has 3 atom stereocenters. The summed E-state index contributed by atoms with van der Waals surface area (Å²) in [5, 5.41) is 3.23. The molecule has 0 saturated carbocycles. The van der Waals surface area contributed by atoms with Crippen molar-refractivity contribution in [3.63, 3.8) is 0 Å². The fourth-order valence-electron chi connectivity index (χ4n) is 4.62. The standard InChI is InChI=1S/C25H29NO6/c1-5-31-23(28)25(24(29)32-6-2)19(18-15-11-10-12-16(18)3)20(22(27)30-4)26-21(25)17-13-8-7-9-14-17/h7-15,19-21,26H,5-6H2,1-4H3/t19-,20+,21+/m1/s1. The second kappa shape index (κ2) is 9.96. The minimum atomic E-state index is -1.83. The molecule has 3 rings (SSSR count). The summed E-state index contributed by atoms with van der Waals surface area (Å²) < 4.78 is 16.0. The van der Waals surface area contributed by atoms with E-state index in [2.05, 4.69) is 5.32 Å². The van der Waals surface area contributed by atoms with Crippen LogP contribution in [0.4, 0.5) is 0 Å². The van der Waals surface area contributed by atoms with Gasteiger partial charge in [0.25, 0.3) is 0 Å². The van der Waals surface area contributed by atoms with Crippen LogP contribution in [0.5, 0.6) is 0 Å². The van der Waals surface area contributed by atoms with Crippen LogP contribution in [0.3, 0.4) is 0 Å². The highest BCUT2D eigenvalue weighted by atomic mass is 16.6. The molecule has 170 valence electrons. The Morgan fingerprint density at radius 3 is 2.00 bits per heavy atom. The number of hydrogen-bond acceptors (Lipinski definition) is 7. The summed E-state index contributed by atoms with van der Waals surface area (Å²) in [5.74, 6) is -2.95. The van der Waals surface area contributed by atoms with Crippen LogP contribution in [0, 0.1) is 12.3 Å². The smallest absolute Gasteiger partial charge is 0.326 e. The SMILES string of the molecule is CCOC(=O)C1(C(=O)OCC)[C@H](c2ccccc2C)[C@@H](C(=O)OC)N[C@H]1c1ccccc1. The lowest BCUT2D eigenvalue weighted by molar-refractivity contribution is -0.174. The number of carbonyl (C=O) groups excluding carboxylic acids is 3. The van der Waals surface area contributed by atoms with E-state index in [1.165, 1.54) is 7.11 Å². The Labute approximate surface area is 188 Å². The Morgan fingerprint density at radius 2 is 1.47 bits per heavy atom. The van der Waals surface area contributed by atoms with Gasteiger partial charge in [-0.05, 0) is 37.5 Å². The molecule has 0 aromatic heterocycles. The Balaban J connectivity index is 2.37. The number of ether oxygens (including phenoxy) is 3. The Hall–Kier alpha value is -3.19. The van der Waals surface area contributed by atoms with E-state index in [0.29, 0.717) is 11.1 Å². The maximum Gasteiger partial charge on any atom is 0.326 e. The van der Waals surface area contributed by atoms with E-state index in [1.54, 1.807) is 26.0 Å². The van der Waals surface area contributed by atoms with E-state index in [4.69, 9.17) is 14.2 Å². The molecule has 0 bridgehead atoms. The highest BCUT2D eigenvalue weighted by Crippen LogP contribution is 2.55. The van der Waals surface area contributed by atoms with Crippen molar-refractivity contribution >= 4 is 17.9 Å². The van der Waals surface area contributed by atoms with Gasteiger partial charge in [0.2, 0.25) is 0 Å². The van der Waals surface area contributed by atoms with Crippen LogP contribution >= 0.6 is 0 Å². The molecule has 7 nitrogen and oxygen atoms in total. The third-order valence-electron chi connectivity index (χ3n) is 5.96. The number of esters is 3. The summed E-state index contributed by atoms with van der Waals surface area (Å²) in [6.07, 6.45) is 0. The molecule has 1 aliphatic rings. The van der Waals surface area contributed by atoms with Gasteiger partial charge in [-0.25, -0.2) is 0 Å². The van der Waals surface area contributed by atoms with Crippen LogP contribution in [0.2, 0.25) is 0 Å². The lowest BCUT2D eigenvalue weighted by Gasteiger charge is -2.36. The van der Waals surface area contributed by atoms with E-state index >= 15 is 0 Å². The van der Waals surface area contributed by atoms with Crippen LogP contribution in [-0.4, -0.2) is 44.3 Å². The molecule has 1 saturated heterocycles. The van der Waals surface area contributed by atoms with Gasteiger partial charge in [-0.1, -0.05) is 54.6 Å². The van der Waals surface area contributed by atoms with Gasteiger partial charge in [0.1, 0.15) is 6.04 Å². The highest BCUT2D eigenvalue weighted by molar-refractivity contribution is 6.04. The Morgan fingerprint density at radius 1 is 0.906 bits per heavy atom. The first-order chi connectivity index (χ1) is 15.4. The van der Waals surface area contributed by atoms with E-state index in [0.717, 1.165) is 5.56 Å². The van der Waals surface area contributed by atoms with Crippen molar-refractivity contribution in [3.05, 3.63) is 71.3 Å². The third kappa shape index (κ3) is 3.88. The molecule has 1 N–H and O–H groups in total. The van der Waals surface area contributed by atoms with Crippen LogP contribution in [0.1, 0.15) is 42.5 Å². The molecule has 7 heteroatoms. The van der Waals surface area contributed by atoms with Gasteiger partial charge in [-0.2, -0.15) is 0 Å². The van der Waals surface area contributed by atoms with Gasteiger partial charge in [0, 0.05) is 5.92 Å². The molecule has 2 aromatic rings. The quantitative estimate of drug-likeness (QED) is 0.403. The van der Waals surface area contributed by atoms with Crippen LogP contribution in [0.25, 0.3) is 0 Å². The maximum atomic E-state index is 13.7. The largest absolute Gasteiger partial charge is 0.468 e. The van der Waals surface area contributed by atoms with Crippen molar-refractivity contribution in [1.29, 1.82) is 0 Å². The van der Waals surface area contributed by atoms with Gasteiger partial charge in [0.15, 0.2) is 5.41 Å². The zero-order valence-electron chi connectivity index (χ0n) is 18.8. The minimum absolute atomic E-state index is 0.0743. The average Bonchev–Trinajstić information content (AvgIpc) is 3.17. The summed E-state index contributed by atoms with van der Waals surface area (Å²) in [5.41, 5.74) is 0.339. The summed E-state index contributed by atoms with van der Waals surface area (Å²) in [6, 6.07) is 14.6. The fraction of sp³-hybridized carbons (Fsp3) is 0.400. The first-order valence-electron chi connectivity index (χ1n) is 10.7. The van der Waals surface area contributed by atoms with E-state index in [-0.39, 0.29) is 13.2 Å². The third-order valence-corrected chi connectivity index (χ3v) is 5.96. The molecular weight excluding hydrogens is 410 g/mol. The number of nitrogens with one attached hydrogen (secondary N) is 1. The summed E-state index contributed by atoms with van der Waals surface area (Å²) in [7, 11) is 1.28. The van der Waals surface area contributed by atoms with Crippen LogP contribution in [-0.2, 0) is 28.6 Å². The monoisotopic (exact) mass is 439 g/mol. The number of benzene rings is 2. The molecule has 1 heterocycles. The average molecular weight is 440 g/mol. The fourth-order valence-corrected chi connectivity index (χ4v) is 4.62. The van der Waals surface area contributed by atoms with Crippen LogP contribution in [0.15, 0.2) is 54.6 Å². The number of aryl methyl sites for hydroxylation is 1. The van der Waals surface area contributed by atoms with Crippen molar-refractivity contribution in [3.8, 4) is 0 Å². The summed E-state index contributed by atoms with van der Waals surface area (Å²) >= 11 is 0. The van der Waals surface area contributed by atoms with E-state index in [9.17, 15) is 14.4 Å². The van der Waals surface area contributed by atoms with Gasteiger partial charge in [-0.3, -0.25) is 19.7 Å². The van der Waals surface area contributed by atoms with Crippen molar-refractivity contribution < 1.29 is 28.6 Å². The molecule has 0 amide bonds. The van der Waals surface area contributed by atoms with Crippen molar-refractivity contribution in [2.75, 3.05) is 20.3 Å². The molecule has 1 fully saturated rings.